The van der Waals surface area contributed by atoms with E-state index in [1.54, 1.807) is 12.1 Å². The molecule has 4 heteroatoms. The summed E-state index contributed by atoms with van der Waals surface area (Å²) in [6.07, 6.45) is 0. The Hall–Kier alpha value is -0.920. The van der Waals surface area contributed by atoms with Crippen molar-refractivity contribution in [3.05, 3.63) is 29.8 Å². The van der Waals surface area contributed by atoms with Crippen molar-refractivity contribution < 1.29 is 13.6 Å². The fraction of sp³-hybridized carbons (Fsp3) is 0.455. The highest BCUT2D eigenvalue weighted by atomic mass is 31.1. The Morgan fingerprint density at radius 1 is 1.13 bits per heavy atom. The molecule has 0 aromatic heterocycles. The van der Waals surface area contributed by atoms with Crippen LogP contribution in [0.3, 0.4) is 0 Å². The first-order valence-electron chi connectivity index (χ1n) is 4.73. The van der Waals surface area contributed by atoms with E-state index in [-0.39, 0.29) is 5.41 Å². The third-order valence-electron chi connectivity index (χ3n) is 2.05. The molecule has 0 N–H and O–H groups in total. The quantitative estimate of drug-likeness (QED) is 0.739. The summed E-state index contributed by atoms with van der Waals surface area (Å²) in [6, 6.07) is 7.53. The Morgan fingerprint density at radius 2 is 1.67 bits per heavy atom. The van der Waals surface area contributed by atoms with E-state index < -0.39 is 8.25 Å². The summed E-state index contributed by atoms with van der Waals surface area (Å²) in [5.74, 6) is 0.561. The van der Waals surface area contributed by atoms with Crippen LogP contribution in [0.15, 0.2) is 24.3 Å². The number of hydrogen-bond acceptors (Lipinski definition) is 3. The average molecular weight is 227 g/mol. The van der Waals surface area contributed by atoms with Crippen LogP contribution in [-0.4, -0.2) is 7.11 Å². The van der Waals surface area contributed by atoms with E-state index in [9.17, 15) is 4.57 Å². The van der Waals surface area contributed by atoms with E-state index in [4.69, 9.17) is 4.52 Å². The lowest BCUT2D eigenvalue weighted by atomic mass is 9.87. The molecule has 0 spiro atoms. The molecule has 0 fully saturated rings. The maximum Gasteiger partial charge on any atom is 0.428 e. The summed E-state index contributed by atoms with van der Waals surface area (Å²) in [4.78, 5) is 0. The van der Waals surface area contributed by atoms with Gasteiger partial charge in [-0.1, -0.05) is 32.9 Å². The van der Waals surface area contributed by atoms with Gasteiger partial charge in [0, 0.05) is 0 Å². The van der Waals surface area contributed by atoms with Gasteiger partial charge >= 0.3 is 8.25 Å². The fourth-order valence-corrected chi connectivity index (χ4v) is 1.51. The van der Waals surface area contributed by atoms with Gasteiger partial charge in [0.25, 0.3) is 0 Å². The normalized spacial score (nSPS) is 12.4. The lowest BCUT2D eigenvalue weighted by Crippen LogP contribution is -2.10. The summed E-state index contributed by atoms with van der Waals surface area (Å²) in [7, 11) is -0.693. The molecule has 0 saturated carbocycles. The molecule has 0 aliphatic carbocycles. The van der Waals surface area contributed by atoms with E-state index in [0.29, 0.717) is 5.75 Å². The van der Waals surface area contributed by atoms with Gasteiger partial charge in [0.1, 0.15) is 5.75 Å². The number of benzene rings is 1. The van der Waals surface area contributed by atoms with Crippen molar-refractivity contribution in [3.8, 4) is 5.75 Å². The Kier molecular flexibility index (Phi) is 3.83. The summed E-state index contributed by atoms with van der Waals surface area (Å²) >= 11 is 0. The fourth-order valence-electron chi connectivity index (χ4n) is 1.14. The predicted molar refractivity (Wildman–Crippen MR) is 60.4 cm³/mol. The van der Waals surface area contributed by atoms with Crippen LogP contribution in [0.4, 0.5) is 0 Å². The second kappa shape index (κ2) is 4.73. The molecule has 3 nitrogen and oxygen atoms in total. The summed E-state index contributed by atoms with van der Waals surface area (Å²) in [5.41, 5.74) is 1.32. The van der Waals surface area contributed by atoms with Gasteiger partial charge in [0.2, 0.25) is 0 Å². The first-order chi connectivity index (χ1) is 6.93. The van der Waals surface area contributed by atoms with Gasteiger partial charge in [-0.2, -0.15) is 0 Å². The van der Waals surface area contributed by atoms with E-state index in [1.165, 1.54) is 12.7 Å². The van der Waals surface area contributed by atoms with Crippen LogP contribution in [-0.2, 0) is 14.5 Å². The van der Waals surface area contributed by atoms with Gasteiger partial charge in [0.05, 0.1) is 7.11 Å². The molecule has 0 aliphatic heterocycles. The molecule has 0 aliphatic rings. The average Bonchev–Trinajstić information content (AvgIpc) is 2.17. The zero-order valence-electron chi connectivity index (χ0n) is 9.48. The molecule has 1 unspecified atom stereocenters. The zero-order valence-corrected chi connectivity index (χ0v) is 10.4. The van der Waals surface area contributed by atoms with Crippen LogP contribution in [0.5, 0.6) is 5.75 Å². The SMILES string of the molecule is CO[P](=O)Oc1ccc(C(C)(C)C)cc1. The Morgan fingerprint density at radius 3 is 2.07 bits per heavy atom. The van der Waals surface area contributed by atoms with E-state index in [1.807, 2.05) is 12.1 Å². The maximum atomic E-state index is 11.0. The van der Waals surface area contributed by atoms with E-state index >= 15 is 0 Å². The minimum absolute atomic E-state index is 0.113. The minimum atomic E-state index is -2.04. The molecular weight excluding hydrogens is 211 g/mol. The molecule has 0 bridgehead atoms. The van der Waals surface area contributed by atoms with Crippen LogP contribution >= 0.6 is 8.25 Å². The monoisotopic (exact) mass is 227 g/mol. The molecule has 1 rings (SSSR count). The minimum Gasteiger partial charge on any atom is -0.398 e. The lowest BCUT2D eigenvalue weighted by Gasteiger charge is -2.18. The molecule has 1 radical (unpaired) electrons. The topological polar surface area (TPSA) is 35.5 Å². The smallest absolute Gasteiger partial charge is 0.398 e. The Labute approximate surface area is 91.4 Å². The Bertz CT molecular complexity index is 338. The van der Waals surface area contributed by atoms with Crippen LogP contribution in [0.2, 0.25) is 0 Å². The maximum absolute atomic E-state index is 11.0. The highest BCUT2D eigenvalue weighted by molar-refractivity contribution is 7.33. The van der Waals surface area contributed by atoms with E-state index in [2.05, 4.69) is 25.3 Å². The second-order valence-electron chi connectivity index (χ2n) is 4.27. The van der Waals surface area contributed by atoms with Crippen molar-refractivity contribution in [1.82, 2.24) is 0 Å². The van der Waals surface area contributed by atoms with Crippen molar-refractivity contribution in [2.24, 2.45) is 0 Å². The first-order valence-corrected chi connectivity index (χ1v) is 5.83. The molecule has 15 heavy (non-hydrogen) atoms. The molecule has 0 saturated heterocycles. The van der Waals surface area contributed by atoms with Gasteiger partial charge in [0.15, 0.2) is 0 Å². The van der Waals surface area contributed by atoms with Crippen LogP contribution < -0.4 is 4.52 Å². The van der Waals surface area contributed by atoms with Crippen molar-refractivity contribution in [1.29, 1.82) is 0 Å². The summed E-state index contributed by atoms with van der Waals surface area (Å²) in [5, 5.41) is 0. The molecule has 0 amide bonds. The lowest BCUT2D eigenvalue weighted by molar-refractivity contribution is 0.349. The van der Waals surface area contributed by atoms with Gasteiger partial charge in [-0.05, 0) is 23.1 Å². The highest BCUT2D eigenvalue weighted by Gasteiger charge is 2.13. The van der Waals surface area contributed by atoms with Crippen LogP contribution in [0, 0.1) is 0 Å². The third kappa shape index (κ3) is 3.61. The standard InChI is InChI=1S/C11H16O3P/c1-11(2,3)9-5-7-10(8-6-9)14-15(12)13-4/h5-8H,1-4H3. The molecule has 0 heterocycles. The van der Waals surface area contributed by atoms with Crippen molar-refractivity contribution in [3.63, 3.8) is 0 Å². The molecular formula is C11H16O3P. The van der Waals surface area contributed by atoms with Crippen molar-refractivity contribution in [2.45, 2.75) is 26.2 Å². The largest absolute Gasteiger partial charge is 0.428 e. The van der Waals surface area contributed by atoms with Gasteiger partial charge in [-0.3, -0.25) is 4.52 Å². The van der Waals surface area contributed by atoms with Gasteiger partial charge < -0.3 is 4.52 Å². The third-order valence-corrected chi connectivity index (χ3v) is 2.71. The van der Waals surface area contributed by atoms with Crippen LogP contribution in [0.1, 0.15) is 26.3 Å². The predicted octanol–water partition coefficient (Wildman–Crippen LogP) is 3.67. The molecule has 1 atom stereocenters. The van der Waals surface area contributed by atoms with Gasteiger partial charge in [-0.25, -0.2) is 4.57 Å². The molecule has 1 aromatic rings. The van der Waals surface area contributed by atoms with Gasteiger partial charge in [-0.15, -0.1) is 0 Å². The number of hydrogen-bond donors (Lipinski definition) is 0. The molecule has 1 aromatic carbocycles. The van der Waals surface area contributed by atoms with Crippen molar-refractivity contribution >= 4 is 8.25 Å². The molecule has 83 valence electrons. The van der Waals surface area contributed by atoms with Crippen LogP contribution in [0.25, 0.3) is 0 Å². The summed E-state index contributed by atoms with van der Waals surface area (Å²) < 4.78 is 20.5. The summed E-state index contributed by atoms with van der Waals surface area (Å²) in [6.45, 7) is 6.41. The zero-order chi connectivity index (χ0) is 11.5. The van der Waals surface area contributed by atoms with Crippen molar-refractivity contribution in [2.75, 3.05) is 7.11 Å². The first kappa shape index (κ1) is 12.2. The Balaban J connectivity index is 2.77. The second-order valence-corrected chi connectivity index (χ2v) is 5.27. The number of rotatable bonds is 3. The highest BCUT2D eigenvalue weighted by Crippen LogP contribution is 2.29. The van der Waals surface area contributed by atoms with E-state index in [0.717, 1.165) is 0 Å².